The maximum Gasteiger partial charge on any atom is 0.159 e. The van der Waals surface area contributed by atoms with E-state index in [-0.39, 0.29) is 5.78 Å². The van der Waals surface area contributed by atoms with Crippen LogP contribution >= 0.6 is 0 Å². The molecule has 1 rings (SSSR count). The Hall–Kier alpha value is -1.57. The monoisotopic (exact) mass is 204 g/mol. The molecule has 2 nitrogen and oxygen atoms in total. The third-order valence-corrected chi connectivity index (χ3v) is 2.21. The molecule has 0 N–H and O–H groups in total. The van der Waals surface area contributed by atoms with Gasteiger partial charge in [0.15, 0.2) is 5.78 Å². The van der Waals surface area contributed by atoms with Gasteiger partial charge in [-0.15, -0.1) is 0 Å². The summed E-state index contributed by atoms with van der Waals surface area (Å²) in [4.78, 5) is 11.1. The van der Waals surface area contributed by atoms with E-state index in [1.165, 1.54) is 0 Å². The van der Waals surface area contributed by atoms with Gasteiger partial charge in [-0.1, -0.05) is 18.2 Å². The Kier molecular flexibility index (Phi) is 4.10. The summed E-state index contributed by atoms with van der Waals surface area (Å²) in [5.74, 6) is 0.975. The maximum atomic E-state index is 11.1. The molecular formula is C13H16O2. The summed E-state index contributed by atoms with van der Waals surface area (Å²) in [7, 11) is 0. The largest absolute Gasteiger partial charge is 0.494 e. The summed E-state index contributed by atoms with van der Waals surface area (Å²) >= 11 is 0. The topological polar surface area (TPSA) is 26.3 Å². The van der Waals surface area contributed by atoms with Crippen molar-refractivity contribution in [3.8, 4) is 0 Å². The van der Waals surface area contributed by atoms with E-state index in [1.54, 1.807) is 6.92 Å². The zero-order valence-electron chi connectivity index (χ0n) is 9.41. The molecule has 0 amide bonds. The van der Waals surface area contributed by atoms with E-state index in [0.717, 1.165) is 16.9 Å². The number of hydrogen-bond donors (Lipinski definition) is 0. The molecule has 0 saturated heterocycles. The van der Waals surface area contributed by atoms with Crippen molar-refractivity contribution in [2.45, 2.75) is 27.4 Å². The van der Waals surface area contributed by atoms with Crippen molar-refractivity contribution in [2.24, 2.45) is 0 Å². The molecule has 0 aliphatic carbocycles. The van der Waals surface area contributed by atoms with Crippen LogP contribution in [0.4, 0.5) is 0 Å². The molecule has 0 aliphatic rings. The molecular weight excluding hydrogens is 188 g/mol. The number of ether oxygens (including phenoxy) is 1. The fraction of sp³-hybridized carbons (Fsp3) is 0.308. The molecule has 1 aromatic carbocycles. The van der Waals surface area contributed by atoms with E-state index in [1.807, 2.05) is 44.2 Å². The number of carbonyl (C=O) groups excluding carboxylic acids is 1. The fourth-order valence-electron chi connectivity index (χ4n) is 1.16. The molecule has 0 spiro atoms. The molecule has 1 aromatic rings. The first-order valence-electron chi connectivity index (χ1n) is 4.99. The predicted octanol–water partition coefficient (Wildman–Crippen LogP) is 3.33. The number of carbonyl (C=O) groups is 1. The molecule has 0 unspecified atom stereocenters. The molecule has 0 fully saturated rings. The highest BCUT2D eigenvalue weighted by molar-refractivity contribution is 5.94. The van der Waals surface area contributed by atoms with Crippen LogP contribution < -0.4 is 0 Å². The van der Waals surface area contributed by atoms with Crippen molar-refractivity contribution in [1.82, 2.24) is 0 Å². The molecule has 0 aliphatic heterocycles. The summed E-state index contributed by atoms with van der Waals surface area (Å²) in [5.41, 5.74) is 1.75. The van der Waals surface area contributed by atoms with Crippen LogP contribution in [0.15, 0.2) is 36.1 Å². The molecule has 15 heavy (non-hydrogen) atoms. The van der Waals surface area contributed by atoms with Crippen LogP contribution in [0.2, 0.25) is 0 Å². The number of benzene rings is 1. The average molecular weight is 204 g/mol. The van der Waals surface area contributed by atoms with Crippen LogP contribution in [0.5, 0.6) is 0 Å². The molecule has 0 heterocycles. The third kappa shape index (κ3) is 3.58. The van der Waals surface area contributed by atoms with Gasteiger partial charge < -0.3 is 4.74 Å². The number of Topliss-reactive ketones (excluding diaryl/α,β-unsaturated/α-hetero) is 1. The van der Waals surface area contributed by atoms with Crippen molar-refractivity contribution < 1.29 is 9.53 Å². The van der Waals surface area contributed by atoms with Gasteiger partial charge in [-0.3, -0.25) is 4.79 Å². The molecule has 2 heteroatoms. The van der Waals surface area contributed by atoms with Crippen molar-refractivity contribution in [3.05, 3.63) is 47.2 Å². The van der Waals surface area contributed by atoms with Crippen LogP contribution in [0.3, 0.4) is 0 Å². The first-order valence-corrected chi connectivity index (χ1v) is 4.99. The van der Waals surface area contributed by atoms with Gasteiger partial charge in [0.2, 0.25) is 0 Å². The Balaban J connectivity index is 2.70. The second kappa shape index (κ2) is 5.35. The van der Waals surface area contributed by atoms with E-state index in [0.29, 0.717) is 6.61 Å². The van der Waals surface area contributed by atoms with Gasteiger partial charge in [-0.2, -0.15) is 0 Å². The first-order chi connectivity index (χ1) is 7.13. The first kappa shape index (κ1) is 11.5. The van der Waals surface area contributed by atoms with Gasteiger partial charge in [0, 0.05) is 5.56 Å². The Labute approximate surface area is 90.6 Å². The Morgan fingerprint density at radius 3 is 2.73 bits per heavy atom. The standard InChI is InChI=1S/C13H16O2/c1-4-10(2)15-9-12-6-5-7-13(8-12)11(3)14/h4-8H,9H2,1-3H3/b10-4+. The molecule has 0 radical (unpaired) electrons. The number of allylic oxidation sites excluding steroid dienone is 2. The lowest BCUT2D eigenvalue weighted by Crippen LogP contribution is -1.95. The lowest BCUT2D eigenvalue weighted by molar-refractivity contribution is 0.101. The van der Waals surface area contributed by atoms with E-state index < -0.39 is 0 Å². The number of ketones is 1. The Morgan fingerprint density at radius 1 is 1.40 bits per heavy atom. The summed E-state index contributed by atoms with van der Waals surface area (Å²) in [5, 5.41) is 0. The minimum atomic E-state index is 0.0830. The van der Waals surface area contributed by atoms with Gasteiger partial charge in [0.1, 0.15) is 6.61 Å². The molecule has 0 bridgehead atoms. The highest BCUT2D eigenvalue weighted by Gasteiger charge is 2.00. The van der Waals surface area contributed by atoms with Crippen LogP contribution in [-0.2, 0) is 11.3 Å². The molecule has 0 aromatic heterocycles. The van der Waals surface area contributed by atoms with Crippen molar-refractivity contribution in [1.29, 1.82) is 0 Å². The molecule has 0 saturated carbocycles. The zero-order chi connectivity index (χ0) is 11.3. The van der Waals surface area contributed by atoms with E-state index >= 15 is 0 Å². The van der Waals surface area contributed by atoms with Crippen molar-refractivity contribution in [2.75, 3.05) is 0 Å². The van der Waals surface area contributed by atoms with Gasteiger partial charge in [-0.05, 0) is 38.5 Å². The van der Waals surface area contributed by atoms with Gasteiger partial charge >= 0.3 is 0 Å². The normalized spacial score (nSPS) is 11.3. The van der Waals surface area contributed by atoms with Crippen LogP contribution in [0.1, 0.15) is 36.7 Å². The minimum absolute atomic E-state index is 0.0830. The second-order valence-electron chi connectivity index (χ2n) is 3.44. The van der Waals surface area contributed by atoms with E-state index in [2.05, 4.69) is 0 Å². The van der Waals surface area contributed by atoms with Crippen molar-refractivity contribution >= 4 is 5.78 Å². The summed E-state index contributed by atoms with van der Waals surface area (Å²) < 4.78 is 5.46. The summed E-state index contributed by atoms with van der Waals surface area (Å²) in [6.07, 6.45) is 1.91. The maximum absolute atomic E-state index is 11.1. The van der Waals surface area contributed by atoms with Crippen LogP contribution in [0.25, 0.3) is 0 Å². The van der Waals surface area contributed by atoms with Gasteiger partial charge in [0.25, 0.3) is 0 Å². The Bertz CT molecular complexity index is 378. The molecule has 0 atom stereocenters. The minimum Gasteiger partial charge on any atom is -0.494 e. The van der Waals surface area contributed by atoms with E-state index in [9.17, 15) is 4.79 Å². The zero-order valence-corrected chi connectivity index (χ0v) is 9.41. The highest BCUT2D eigenvalue weighted by atomic mass is 16.5. The number of hydrogen-bond acceptors (Lipinski definition) is 2. The smallest absolute Gasteiger partial charge is 0.159 e. The molecule has 80 valence electrons. The number of rotatable bonds is 4. The van der Waals surface area contributed by atoms with Crippen molar-refractivity contribution in [3.63, 3.8) is 0 Å². The predicted molar refractivity (Wildman–Crippen MR) is 60.7 cm³/mol. The third-order valence-electron chi connectivity index (χ3n) is 2.21. The van der Waals surface area contributed by atoms with Gasteiger partial charge in [0.05, 0.1) is 5.76 Å². The van der Waals surface area contributed by atoms with Crippen LogP contribution in [0, 0.1) is 0 Å². The quantitative estimate of drug-likeness (QED) is 0.555. The van der Waals surface area contributed by atoms with Gasteiger partial charge in [-0.25, -0.2) is 0 Å². The SMILES string of the molecule is C/C=C(\C)OCc1cccc(C(C)=O)c1. The second-order valence-corrected chi connectivity index (χ2v) is 3.44. The lowest BCUT2D eigenvalue weighted by atomic mass is 10.1. The average Bonchev–Trinajstić information content (AvgIpc) is 2.26. The summed E-state index contributed by atoms with van der Waals surface area (Å²) in [6, 6.07) is 7.51. The van der Waals surface area contributed by atoms with Crippen LogP contribution in [-0.4, -0.2) is 5.78 Å². The Morgan fingerprint density at radius 2 is 2.13 bits per heavy atom. The summed E-state index contributed by atoms with van der Waals surface area (Å²) in [6.45, 7) is 5.92. The lowest BCUT2D eigenvalue weighted by Gasteiger charge is -2.06. The van der Waals surface area contributed by atoms with E-state index in [4.69, 9.17) is 4.74 Å². The highest BCUT2D eigenvalue weighted by Crippen LogP contribution is 2.09. The fourth-order valence-corrected chi connectivity index (χ4v) is 1.16.